The van der Waals surface area contributed by atoms with E-state index in [1.165, 1.54) is 7.11 Å². The van der Waals surface area contributed by atoms with Gasteiger partial charge in [0, 0.05) is 0 Å². The molecule has 21 heavy (non-hydrogen) atoms. The fourth-order valence-electron chi connectivity index (χ4n) is 2.01. The number of hydrogen-bond donors (Lipinski definition) is 1. The number of nitrogens with zero attached hydrogens (tertiary/aromatic N) is 1. The Morgan fingerprint density at radius 3 is 2.52 bits per heavy atom. The van der Waals surface area contributed by atoms with Crippen molar-refractivity contribution in [3.05, 3.63) is 60.2 Å². The van der Waals surface area contributed by atoms with Crippen LogP contribution in [0.5, 0.6) is 5.75 Å². The zero-order valence-corrected chi connectivity index (χ0v) is 11.7. The van der Waals surface area contributed by atoms with Gasteiger partial charge in [-0.3, -0.25) is 4.79 Å². The third-order valence-electron chi connectivity index (χ3n) is 3.12. The quantitative estimate of drug-likeness (QED) is 0.915. The minimum Gasteiger partial charge on any atom is -0.495 e. The molecule has 0 radical (unpaired) electrons. The van der Waals surface area contributed by atoms with Crippen LogP contribution < -0.4 is 10.1 Å². The van der Waals surface area contributed by atoms with Gasteiger partial charge in [0.25, 0.3) is 0 Å². The Bertz CT molecular complexity index is 647. The molecule has 0 aliphatic heterocycles. The molecule has 2 aromatic rings. The standard InChI is InChI=1S/C17H16N2O2/c1-21-16-10-6-5-9-15(16)19-17(20)14(12-18)11-13-7-3-2-4-8-13/h2-10,14H,11H2,1H3,(H,19,20). The Morgan fingerprint density at radius 2 is 1.86 bits per heavy atom. The van der Waals surface area contributed by atoms with Crippen LogP contribution in [0.4, 0.5) is 5.69 Å². The second-order valence-electron chi connectivity index (χ2n) is 4.56. The van der Waals surface area contributed by atoms with Gasteiger partial charge in [0.05, 0.1) is 18.9 Å². The van der Waals surface area contributed by atoms with Gasteiger partial charge in [-0.05, 0) is 24.1 Å². The molecule has 4 heteroatoms. The molecule has 0 aromatic heterocycles. The number of methoxy groups -OCH3 is 1. The first kappa shape index (κ1) is 14.6. The summed E-state index contributed by atoms with van der Waals surface area (Å²) < 4.78 is 5.18. The van der Waals surface area contributed by atoms with Crippen molar-refractivity contribution in [3.63, 3.8) is 0 Å². The average Bonchev–Trinajstić information content (AvgIpc) is 2.54. The zero-order chi connectivity index (χ0) is 15.1. The van der Waals surface area contributed by atoms with Crippen molar-refractivity contribution < 1.29 is 9.53 Å². The van der Waals surface area contributed by atoms with Crippen molar-refractivity contribution in [2.75, 3.05) is 12.4 Å². The topological polar surface area (TPSA) is 62.1 Å². The van der Waals surface area contributed by atoms with Crippen molar-refractivity contribution in [3.8, 4) is 11.8 Å². The van der Waals surface area contributed by atoms with Crippen molar-refractivity contribution in [2.24, 2.45) is 5.92 Å². The highest BCUT2D eigenvalue weighted by Gasteiger charge is 2.19. The number of rotatable bonds is 5. The molecule has 0 bridgehead atoms. The molecule has 0 aliphatic rings. The van der Waals surface area contributed by atoms with Gasteiger partial charge in [0.15, 0.2) is 0 Å². The summed E-state index contributed by atoms with van der Waals surface area (Å²) in [5.41, 5.74) is 1.53. The van der Waals surface area contributed by atoms with Crippen molar-refractivity contribution in [1.29, 1.82) is 5.26 Å². The van der Waals surface area contributed by atoms with E-state index < -0.39 is 5.92 Å². The van der Waals surface area contributed by atoms with E-state index in [0.29, 0.717) is 17.9 Å². The van der Waals surface area contributed by atoms with E-state index in [-0.39, 0.29) is 5.91 Å². The Labute approximate surface area is 124 Å². The molecular weight excluding hydrogens is 264 g/mol. The SMILES string of the molecule is COc1ccccc1NC(=O)C(C#N)Cc1ccccc1. The molecule has 0 aliphatic carbocycles. The highest BCUT2D eigenvalue weighted by Crippen LogP contribution is 2.24. The van der Waals surface area contributed by atoms with Crippen LogP contribution in [0.25, 0.3) is 0 Å². The molecule has 106 valence electrons. The van der Waals surface area contributed by atoms with Crippen LogP contribution in [0, 0.1) is 17.2 Å². The van der Waals surface area contributed by atoms with E-state index in [4.69, 9.17) is 4.74 Å². The Balaban J connectivity index is 2.09. The van der Waals surface area contributed by atoms with Crippen LogP contribution in [-0.4, -0.2) is 13.0 Å². The second-order valence-corrected chi connectivity index (χ2v) is 4.56. The first-order chi connectivity index (χ1) is 10.2. The number of anilines is 1. The maximum Gasteiger partial charge on any atom is 0.242 e. The normalized spacial score (nSPS) is 11.2. The van der Waals surface area contributed by atoms with E-state index in [1.54, 1.807) is 18.2 Å². The summed E-state index contributed by atoms with van der Waals surface area (Å²) in [5.74, 6) is -0.495. The van der Waals surface area contributed by atoms with Gasteiger partial charge < -0.3 is 10.1 Å². The van der Waals surface area contributed by atoms with Crippen molar-refractivity contribution in [1.82, 2.24) is 0 Å². The lowest BCUT2D eigenvalue weighted by molar-refractivity contribution is -0.118. The molecule has 0 spiro atoms. The number of ether oxygens (including phenoxy) is 1. The van der Waals surface area contributed by atoms with Gasteiger partial charge in [-0.25, -0.2) is 0 Å². The van der Waals surface area contributed by atoms with Crippen LogP contribution >= 0.6 is 0 Å². The maximum absolute atomic E-state index is 12.2. The second kappa shape index (κ2) is 7.11. The molecule has 0 saturated carbocycles. The highest BCUT2D eigenvalue weighted by molar-refractivity contribution is 5.95. The molecule has 0 saturated heterocycles. The molecule has 1 amide bonds. The third kappa shape index (κ3) is 3.83. The van der Waals surface area contributed by atoms with Gasteiger partial charge in [-0.2, -0.15) is 5.26 Å². The fourth-order valence-corrected chi connectivity index (χ4v) is 2.01. The number of carbonyl (C=O) groups is 1. The first-order valence-corrected chi connectivity index (χ1v) is 6.62. The summed E-state index contributed by atoms with van der Waals surface area (Å²) in [6.07, 6.45) is 0.387. The molecule has 1 atom stereocenters. The van der Waals surface area contributed by atoms with Gasteiger partial charge in [-0.15, -0.1) is 0 Å². The molecule has 2 rings (SSSR count). The van der Waals surface area contributed by atoms with E-state index >= 15 is 0 Å². The minimum atomic E-state index is -0.739. The van der Waals surface area contributed by atoms with Crippen molar-refractivity contribution >= 4 is 11.6 Å². The number of nitriles is 1. The van der Waals surface area contributed by atoms with E-state index in [1.807, 2.05) is 36.4 Å². The molecular formula is C17H16N2O2. The van der Waals surface area contributed by atoms with Crippen LogP contribution in [0.15, 0.2) is 54.6 Å². The van der Waals surface area contributed by atoms with Gasteiger partial charge in [-0.1, -0.05) is 42.5 Å². The average molecular weight is 280 g/mol. The number of nitrogens with one attached hydrogen (secondary N) is 1. The predicted octanol–water partition coefficient (Wildman–Crippen LogP) is 3.02. The molecule has 0 fully saturated rings. The number of para-hydroxylation sites is 2. The predicted molar refractivity (Wildman–Crippen MR) is 80.9 cm³/mol. The summed E-state index contributed by atoms with van der Waals surface area (Å²) in [5, 5.41) is 12.0. The Hall–Kier alpha value is -2.80. The third-order valence-corrected chi connectivity index (χ3v) is 3.12. The first-order valence-electron chi connectivity index (χ1n) is 6.62. The monoisotopic (exact) mass is 280 g/mol. The van der Waals surface area contributed by atoms with Crippen molar-refractivity contribution in [2.45, 2.75) is 6.42 Å². The van der Waals surface area contributed by atoms with E-state index in [0.717, 1.165) is 5.56 Å². The summed E-state index contributed by atoms with van der Waals surface area (Å²) in [7, 11) is 1.54. The molecule has 0 heterocycles. The summed E-state index contributed by atoms with van der Waals surface area (Å²) in [6.45, 7) is 0. The van der Waals surface area contributed by atoms with Crippen LogP contribution in [-0.2, 0) is 11.2 Å². The molecule has 1 unspecified atom stereocenters. The lowest BCUT2D eigenvalue weighted by Gasteiger charge is -2.12. The lowest BCUT2D eigenvalue weighted by atomic mass is 10.00. The minimum absolute atomic E-state index is 0.328. The number of hydrogen-bond acceptors (Lipinski definition) is 3. The molecule has 2 aromatic carbocycles. The van der Waals surface area contributed by atoms with E-state index in [2.05, 4.69) is 11.4 Å². The van der Waals surface area contributed by atoms with Gasteiger partial charge >= 0.3 is 0 Å². The smallest absolute Gasteiger partial charge is 0.242 e. The maximum atomic E-state index is 12.2. The number of benzene rings is 2. The van der Waals surface area contributed by atoms with Crippen LogP contribution in [0.1, 0.15) is 5.56 Å². The Kier molecular flexibility index (Phi) is 4.94. The van der Waals surface area contributed by atoms with E-state index in [9.17, 15) is 10.1 Å². The van der Waals surface area contributed by atoms with Gasteiger partial charge in [0.2, 0.25) is 5.91 Å². The summed E-state index contributed by atoms with van der Waals surface area (Å²) in [6, 6.07) is 18.7. The lowest BCUT2D eigenvalue weighted by Crippen LogP contribution is -2.23. The number of carbonyl (C=O) groups excluding carboxylic acids is 1. The number of amides is 1. The van der Waals surface area contributed by atoms with Gasteiger partial charge in [0.1, 0.15) is 11.7 Å². The highest BCUT2D eigenvalue weighted by atomic mass is 16.5. The molecule has 1 N–H and O–H groups in total. The van der Waals surface area contributed by atoms with Crippen LogP contribution in [0.3, 0.4) is 0 Å². The fraction of sp³-hybridized carbons (Fsp3) is 0.176. The summed E-state index contributed by atoms with van der Waals surface area (Å²) in [4.78, 5) is 12.2. The largest absolute Gasteiger partial charge is 0.495 e. The summed E-state index contributed by atoms with van der Waals surface area (Å²) >= 11 is 0. The zero-order valence-electron chi connectivity index (χ0n) is 11.7. The molecule has 4 nitrogen and oxygen atoms in total. The van der Waals surface area contributed by atoms with Crippen LogP contribution in [0.2, 0.25) is 0 Å². The Morgan fingerprint density at radius 1 is 1.19 bits per heavy atom.